The van der Waals surface area contributed by atoms with Gasteiger partial charge >= 0.3 is 5.92 Å². The van der Waals surface area contributed by atoms with Gasteiger partial charge in [-0.15, -0.1) is 6.42 Å². The Morgan fingerprint density at radius 3 is 2.55 bits per heavy atom. The zero-order chi connectivity index (χ0) is 24.8. The first-order valence-corrected chi connectivity index (χ1v) is 11.6. The molecular formula is C22H21F3N4O3S. The van der Waals surface area contributed by atoms with Crippen LogP contribution in [0.25, 0.3) is 10.9 Å². The van der Waals surface area contributed by atoms with Crippen molar-refractivity contribution in [3.8, 4) is 12.3 Å². The van der Waals surface area contributed by atoms with Crippen LogP contribution in [-0.4, -0.2) is 40.3 Å². The molecule has 0 amide bonds. The van der Waals surface area contributed by atoms with Crippen molar-refractivity contribution in [2.24, 2.45) is 0 Å². The summed E-state index contributed by atoms with van der Waals surface area (Å²) in [5.41, 5.74) is -3.75. The van der Waals surface area contributed by atoms with Crippen LogP contribution in [0.1, 0.15) is 36.8 Å². The number of alkyl halides is 2. The van der Waals surface area contributed by atoms with Crippen LogP contribution in [0.15, 0.2) is 35.5 Å². The minimum absolute atomic E-state index is 0.137. The average Bonchev–Trinajstić information content (AvgIpc) is 2.72. The third-order valence-corrected chi connectivity index (χ3v) is 6.11. The third kappa shape index (κ3) is 4.49. The number of halogens is 3. The van der Waals surface area contributed by atoms with Crippen LogP contribution in [0, 0.1) is 25.1 Å². The molecule has 2 N–H and O–H groups in total. The predicted molar refractivity (Wildman–Crippen MR) is 117 cm³/mol. The minimum atomic E-state index is -4.06. The second-order valence-corrected chi connectivity index (χ2v) is 9.76. The fourth-order valence-corrected chi connectivity index (χ4v) is 3.78. The molecule has 0 fully saturated rings. The summed E-state index contributed by atoms with van der Waals surface area (Å²) >= 11 is 0. The largest absolute Gasteiger partial charge is 0.372 e. The van der Waals surface area contributed by atoms with Crippen molar-refractivity contribution in [3.63, 3.8) is 0 Å². The maximum atomic E-state index is 15.2. The molecule has 11 heteroatoms. The minimum Gasteiger partial charge on any atom is -0.372 e. The molecule has 0 bridgehead atoms. The number of hydrogen-bond acceptors (Lipinski definition) is 7. The number of terminal acetylenes is 1. The van der Waals surface area contributed by atoms with Crippen molar-refractivity contribution in [2.45, 2.75) is 43.4 Å². The number of sulfone groups is 1. The van der Waals surface area contributed by atoms with E-state index in [1.807, 2.05) is 0 Å². The fourth-order valence-electron chi connectivity index (χ4n) is 3.20. The number of benzene rings is 1. The SMILES string of the molecule is C#C[C@@](C)(O)C(F)(F)c1cccc([C@@H](C)Nc2nc(C)nc3cnc(S(C)(=O)=O)cc23)c1F. The highest BCUT2D eigenvalue weighted by Gasteiger charge is 2.51. The van der Waals surface area contributed by atoms with E-state index in [-0.39, 0.29) is 16.4 Å². The summed E-state index contributed by atoms with van der Waals surface area (Å²) in [4.78, 5) is 12.4. The molecule has 0 radical (unpaired) electrons. The highest BCUT2D eigenvalue weighted by Crippen LogP contribution is 2.41. The van der Waals surface area contributed by atoms with Gasteiger partial charge in [0, 0.05) is 17.2 Å². The molecule has 3 rings (SSSR count). The van der Waals surface area contributed by atoms with Gasteiger partial charge in [0.05, 0.1) is 23.3 Å². The van der Waals surface area contributed by atoms with Gasteiger partial charge in [-0.1, -0.05) is 18.1 Å². The number of fused-ring (bicyclic) bond motifs is 1. The smallest absolute Gasteiger partial charge is 0.314 e. The van der Waals surface area contributed by atoms with Gasteiger partial charge in [0.25, 0.3) is 0 Å². The van der Waals surface area contributed by atoms with Gasteiger partial charge in [-0.25, -0.2) is 27.8 Å². The van der Waals surface area contributed by atoms with E-state index in [9.17, 15) is 22.3 Å². The third-order valence-electron chi connectivity index (χ3n) is 5.13. The Morgan fingerprint density at radius 1 is 1.27 bits per heavy atom. The molecule has 0 unspecified atom stereocenters. The number of nitrogens with zero attached hydrogens (tertiary/aromatic N) is 3. The maximum absolute atomic E-state index is 15.2. The monoisotopic (exact) mass is 478 g/mol. The molecule has 33 heavy (non-hydrogen) atoms. The summed E-state index contributed by atoms with van der Waals surface area (Å²) in [6.45, 7) is 3.84. The van der Waals surface area contributed by atoms with Crippen LogP contribution in [-0.2, 0) is 15.8 Å². The van der Waals surface area contributed by atoms with Gasteiger partial charge in [0.1, 0.15) is 17.5 Å². The Hall–Kier alpha value is -3.23. The van der Waals surface area contributed by atoms with Gasteiger partial charge in [0.15, 0.2) is 20.5 Å². The lowest BCUT2D eigenvalue weighted by Gasteiger charge is -2.29. The van der Waals surface area contributed by atoms with E-state index in [1.54, 1.807) is 12.8 Å². The zero-order valence-electron chi connectivity index (χ0n) is 18.2. The lowest BCUT2D eigenvalue weighted by Crippen LogP contribution is -2.42. The second kappa shape index (κ2) is 8.28. The summed E-state index contributed by atoms with van der Waals surface area (Å²) in [5, 5.41) is 12.9. The van der Waals surface area contributed by atoms with E-state index in [2.05, 4.69) is 20.3 Å². The summed E-state index contributed by atoms with van der Waals surface area (Å²) in [5.74, 6) is -3.21. The molecule has 2 atom stereocenters. The van der Waals surface area contributed by atoms with Crippen molar-refractivity contribution in [2.75, 3.05) is 11.6 Å². The van der Waals surface area contributed by atoms with E-state index in [4.69, 9.17) is 6.42 Å². The van der Waals surface area contributed by atoms with Gasteiger partial charge in [-0.3, -0.25) is 0 Å². The van der Waals surface area contributed by atoms with E-state index >= 15 is 4.39 Å². The predicted octanol–water partition coefficient (Wildman–Crippen LogP) is 3.52. The summed E-state index contributed by atoms with van der Waals surface area (Å²) in [7, 11) is -3.62. The molecule has 2 aromatic heterocycles. The maximum Gasteiger partial charge on any atom is 0.314 e. The van der Waals surface area contributed by atoms with Crippen molar-refractivity contribution in [1.29, 1.82) is 0 Å². The van der Waals surface area contributed by atoms with E-state index in [0.29, 0.717) is 16.7 Å². The molecule has 1 aromatic carbocycles. The molecule has 7 nitrogen and oxygen atoms in total. The fraction of sp³-hybridized carbons (Fsp3) is 0.318. The Kier molecular flexibility index (Phi) is 6.12. The van der Waals surface area contributed by atoms with E-state index in [0.717, 1.165) is 19.2 Å². The number of aliphatic hydroxyl groups is 1. The van der Waals surface area contributed by atoms with Gasteiger partial charge in [-0.05, 0) is 32.9 Å². The topological polar surface area (TPSA) is 105 Å². The van der Waals surface area contributed by atoms with Crippen molar-refractivity contribution in [3.05, 3.63) is 53.2 Å². The van der Waals surface area contributed by atoms with Crippen molar-refractivity contribution >= 4 is 26.6 Å². The molecule has 0 aliphatic carbocycles. The molecule has 0 aliphatic heterocycles. The lowest BCUT2D eigenvalue weighted by molar-refractivity contribution is -0.148. The number of pyridine rings is 1. The number of aromatic nitrogens is 3. The Bertz CT molecular complexity index is 1390. The number of rotatable bonds is 6. The summed E-state index contributed by atoms with van der Waals surface area (Å²) in [6.07, 6.45) is 7.29. The van der Waals surface area contributed by atoms with Crippen LogP contribution in [0.2, 0.25) is 0 Å². The molecule has 0 spiro atoms. The summed E-state index contributed by atoms with van der Waals surface area (Å²) < 4.78 is 68.5. The van der Waals surface area contributed by atoms with Gasteiger partial charge in [0.2, 0.25) is 0 Å². The van der Waals surface area contributed by atoms with Crippen LogP contribution in [0.3, 0.4) is 0 Å². The van der Waals surface area contributed by atoms with Crippen molar-refractivity contribution in [1.82, 2.24) is 15.0 Å². The van der Waals surface area contributed by atoms with Crippen LogP contribution < -0.4 is 5.32 Å². The number of nitrogens with one attached hydrogen (secondary N) is 1. The highest BCUT2D eigenvalue weighted by molar-refractivity contribution is 7.90. The Labute approximate surface area is 189 Å². The second-order valence-electron chi connectivity index (χ2n) is 7.80. The number of hydrogen-bond donors (Lipinski definition) is 2. The first-order valence-electron chi connectivity index (χ1n) is 9.67. The van der Waals surface area contributed by atoms with E-state index in [1.165, 1.54) is 31.3 Å². The molecule has 174 valence electrons. The molecule has 0 saturated heterocycles. The molecular weight excluding hydrogens is 457 g/mol. The normalized spacial score (nSPS) is 15.0. The Morgan fingerprint density at radius 2 is 1.94 bits per heavy atom. The molecule has 0 aliphatic rings. The highest BCUT2D eigenvalue weighted by atomic mass is 32.2. The zero-order valence-corrected chi connectivity index (χ0v) is 19.0. The standard InChI is InChI=1S/C22H21F3N4O3S/c1-6-21(4,30)22(24,25)16-9-7-8-14(19(16)23)12(2)27-20-15-10-18(33(5,31)32)26-11-17(15)28-13(3)29-20/h1,7-12,30H,2-5H3,(H,27,28,29)/t12-,21-/m1/s1. The molecule has 2 heterocycles. The van der Waals surface area contributed by atoms with Gasteiger partial charge < -0.3 is 10.4 Å². The Balaban J connectivity index is 2.09. The van der Waals surface area contributed by atoms with Crippen LogP contribution in [0.4, 0.5) is 19.0 Å². The first kappa shape index (κ1) is 24.4. The average molecular weight is 478 g/mol. The van der Waals surface area contributed by atoms with Crippen molar-refractivity contribution < 1.29 is 26.7 Å². The number of anilines is 1. The lowest BCUT2D eigenvalue weighted by atomic mass is 9.90. The van der Waals surface area contributed by atoms with E-state index < -0.39 is 38.8 Å². The van der Waals surface area contributed by atoms with Crippen LogP contribution in [0.5, 0.6) is 0 Å². The first-order chi connectivity index (χ1) is 15.2. The number of aryl methyl sites for hydroxylation is 1. The summed E-state index contributed by atoms with van der Waals surface area (Å²) in [6, 6.07) is 3.78. The molecule has 0 saturated carbocycles. The molecule has 3 aromatic rings. The van der Waals surface area contributed by atoms with Crippen LogP contribution >= 0.6 is 0 Å². The quantitative estimate of drug-likeness (QED) is 0.522. The van der Waals surface area contributed by atoms with Gasteiger partial charge in [-0.2, -0.15) is 8.78 Å².